The van der Waals surface area contributed by atoms with Crippen LogP contribution in [0, 0.1) is 21.4 Å². The van der Waals surface area contributed by atoms with Crippen molar-refractivity contribution in [3.63, 3.8) is 0 Å². The first-order valence-corrected chi connectivity index (χ1v) is 10.3. The van der Waals surface area contributed by atoms with Crippen molar-refractivity contribution >= 4 is 29.3 Å². The monoisotopic (exact) mass is 470 g/mol. The second kappa shape index (κ2) is 9.76. The number of nitrogens with zero attached hydrogens (tertiary/aromatic N) is 3. The molecule has 2 amide bonds. The van der Waals surface area contributed by atoms with Crippen molar-refractivity contribution in [2.24, 2.45) is 0 Å². The second-order valence-electron chi connectivity index (χ2n) is 7.36. The molecule has 0 atom stereocenters. The first kappa shape index (κ1) is 23.0. The van der Waals surface area contributed by atoms with Crippen molar-refractivity contribution in [3.05, 3.63) is 99.1 Å². The average Bonchev–Trinajstić information content (AvgIpc) is 3.16. The van der Waals surface area contributed by atoms with E-state index in [1.54, 1.807) is 54.6 Å². The fraction of sp³-hybridized carbons (Fsp3) is 0.0800. The number of carbonyl (C=O) groups is 2. The zero-order valence-electron chi connectivity index (χ0n) is 18.4. The number of rotatable bonds is 7. The third-order valence-corrected chi connectivity index (χ3v) is 5.20. The molecule has 0 unspecified atom stereocenters. The Morgan fingerprint density at radius 1 is 1.11 bits per heavy atom. The molecule has 35 heavy (non-hydrogen) atoms. The maximum Gasteiger partial charge on any atom is 0.315 e. The number of nitro benzene ring substituents is 1. The summed E-state index contributed by atoms with van der Waals surface area (Å²) >= 11 is 0. The highest BCUT2D eigenvalue weighted by atomic mass is 16.6. The summed E-state index contributed by atoms with van der Waals surface area (Å²) < 4.78 is 11.0. The number of benzene rings is 3. The number of nitro groups is 1. The van der Waals surface area contributed by atoms with E-state index in [2.05, 4.69) is 5.43 Å². The summed E-state index contributed by atoms with van der Waals surface area (Å²) in [6, 6.07) is 19.9. The van der Waals surface area contributed by atoms with Crippen LogP contribution >= 0.6 is 0 Å². The van der Waals surface area contributed by atoms with Gasteiger partial charge in [-0.25, -0.2) is 5.01 Å². The zero-order valence-corrected chi connectivity index (χ0v) is 18.4. The number of anilines is 1. The quantitative estimate of drug-likeness (QED) is 0.242. The Labute approximate surface area is 199 Å². The van der Waals surface area contributed by atoms with E-state index >= 15 is 0 Å². The second-order valence-corrected chi connectivity index (χ2v) is 7.36. The Morgan fingerprint density at radius 3 is 2.51 bits per heavy atom. The van der Waals surface area contributed by atoms with Crippen LogP contribution in [0.5, 0.6) is 11.5 Å². The maximum atomic E-state index is 12.8. The highest BCUT2D eigenvalue weighted by molar-refractivity contribution is 6.31. The summed E-state index contributed by atoms with van der Waals surface area (Å²) in [6.45, 7) is -0.103. The van der Waals surface area contributed by atoms with Gasteiger partial charge in [0.15, 0.2) is 5.75 Å². The lowest BCUT2D eigenvalue weighted by Crippen LogP contribution is -2.35. The van der Waals surface area contributed by atoms with Crippen LogP contribution in [-0.4, -0.2) is 23.8 Å². The SMILES string of the molecule is COc1cc(C=C2C(=O)NN(c3ccccc3)C2=O)cc([N+](=O)[O-])c1OCc1ccccc1C#N. The molecule has 10 nitrogen and oxygen atoms in total. The summed E-state index contributed by atoms with van der Waals surface area (Å²) in [6.07, 6.45) is 1.25. The summed E-state index contributed by atoms with van der Waals surface area (Å²) in [7, 11) is 1.32. The Kier molecular flexibility index (Phi) is 6.42. The lowest BCUT2D eigenvalue weighted by molar-refractivity contribution is -0.386. The number of methoxy groups -OCH3 is 1. The number of carbonyl (C=O) groups excluding carboxylic acids is 2. The largest absolute Gasteiger partial charge is 0.493 e. The summed E-state index contributed by atoms with van der Waals surface area (Å²) in [5.74, 6) is -1.35. The van der Waals surface area contributed by atoms with E-state index < -0.39 is 22.4 Å². The molecule has 0 spiro atoms. The predicted octanol–water partition coefficient (Wildman–Crippen LogP) is 3.52. The Bertz CT molecular complexity index is 1390. The van der Waals surface area contributed by atoms with Crippen LogP contribution in [0.4, 0.5) is 11.4 Å². The minimum Gasteiger partial charge on any atom is -0.493 e. The highest BCUT2D eigenvalue weighted by Gasteiger charge is 2.34. The van der Waals surface area contributed by atoms with Crippen molar-refractivity contribution < 1.29 is 24.0 Å². The van der Waals surface area contributed by atoms with Gasteiger partial charge >= 0.3 is 5.69 Å². The molecule has 174 valence electrons. The van der Waals surface area contributed by atoms with Gasteiger partial charge in [0.05, 0.1) is 29.4 Å². The lowest BCUT2D eigenvalue weighted by atomic mass is 10.1. The molecule has 0 saturated carbocycles. The van der Waals surface area contributed by atoms with Crippen LogP contribution in [0.2, 0.25) is 0 Å². The number of nitrogens with one attached hydrogen (secondary N) is 1. The van der Waals surface area contributed by atoms with Crippen molar-refractivity contribution in [1.29, 1.82) is 5.26 Å². The molecule has 1 N–H and O–H groups in total. The fourth-order valence-corrected chi connectivity index (χ4v) is 3.51. The van der Waals surface area contributed by atoms with Gasteiger partial charge in [-0.3, -0.25) is 25.1 Å². The van der Waals surface area contributed by atoms with Gasteiger partial charge < -0.3 is 9.47 Å². The smallest absolute Gasteiger partial charge is 0.315 e. The van der Waals surface area contributed by atoms with Gasteiger partial charge in [0.1, 0.15) is 12.2 Å². The minimum absolute atomic E-state index is 0.0336. The lowest BCUT2D eigenvalue weighted by Gasteiger charge is -2.14. The van der Waals surface area contributed by atoms with Crippen LogP contribution in [0.25, 0.3) is 6.08 Å². The van der Waals surface area contributed by atoms with E-state index in [0.29, 0.717) is 16.8 Å². The average molecular weight is 470 g/mol. The van der Waals surface area contributed by atoms with Crippen LogP contribution in [0.3, 0.4) is 0 Å². The number of amides is 2. The van der Waals surface area contributed by atoms with Crippen molar-refractivity contribution in [2.45, 2.75) is 6.61 Å². The molecule has 1 aliphatic heterocycles. The first-order chi connectivity index (χ1) is 16.9. The van der Waals surface area contributed by atoms with Crippen LogP contribution in [0.1, 0.15) is 16.7 Å². The van der Waals surface area contributed by atoms with E-state index in [4.69, 9.17) is 9.47 Å². The third-order valence-electron chi connectivity index (χ3n) is 5.20. The molecule has 4 rings (SSSR count). The molecule has 1 heterocycles. The molecule has 0 aromatic heterocycles. The minimum atomic E-state index is -0.650. The van der Waals surface area contributed by atoms with Gasteiger partial charge in [-0.05, 0) is 35.9 Å². The maximum absolute atomic E-state index is 12.8. The number of ether oxygens (including phenoxy) is 2. The van der Waals surface area contributed by atoms with Crippen LogP contribution in [0.15, 0.2) is 72.3 Å². The molecule has 1 saturated heterocycles. The van der Waals surface area contributed by atoms with Crippen molar-refractivity contribution in [2.75, 3.05) is 12.1 Å². The number of hydrogen-bond acceptors (Lipinski definition) is 7. The molecule has 3 aromatic carbocycles. The molecule has 1 aliphatic rings. The number of hydrazine groups is 1. The van der Waals surface area contributed by atoms with E-state index in [1.165, 1.54) is 25.3 Å². The van der Waals surface area contributed by atoms with Gasteiger partial charge in [-0.1, -0.05) is 36.4 Å². The van der Waals surface area contributed by atoms with Gasteiger partial charge in [-0.15, -0.1) is 0 Å². The van der Waals surface area contributed by atoms with E-state index in [9.17, 15) is 25.0 Å². The van der Waals surface area contributed by atoms with E-state index in [-0.39, 0.29) is 29.2 Å². The molecular formula is C25H18N4O6. The molecule has 1 fully saturated rings. The van der Waals surface area contributed by atoms with Gasteiger partial charge in [-0.2, -0.15) is 5.26 Å². The summed E-state index contributed by atoms with van der Waals surface area (Å²) in [4.78, 5) is 36.5. The molecule has 10 heteroatoms. The van der Waals surface area contributed by atoms with Crippen molar-refractivity contribution in [1.82, 2.24) is 5.43 Å². The first-order valence-electron chi connectivity index (χ1n) is 10.3. The molecule has 3 aromatic rings. The zero-order chi connectivity index (χ0) is 24.9. The van der Waals surface area contributed by atoms with E-state index in [1.807, 2.05) is 6.07 Å². The number of para-hydroxylation sites is 1. The third kappa shape index (κ3) is 4.65. The molecule has 0 radical (unpaired) electrons. The Morgan fingerprint density at radius 2 is 1.83 bits per heavy atom. The molecule has 0 aliphatic carbocycles. The summed E-state index contributed by atoms with van der Waals surface area (Å²) in [5.41, 5.74) is 3.46. The van der Waals surface area contributed by atoms with Gasteiger partial charge in [0, 0.05) is 11.6 Å². The highest BCUT2D eigenvalue weighted by Crippen LogP contribution is 2.39. The van der Waals surface area contributed by atoms with Crippen LogP contribution in [-0.2, 0) is 16.2 Å². The topological polar surface area (TPSA) is 135 Å². The van der Waals surface area contributed by atoms with Gasteiger partial charge in [0.25, 0.3) is 11.8 Å². The fourth-order valence-electron chi connectivity index (χ4n) is 3.51. The number of hydrogen-bond donors (Lipinski definition) is 1. The standard InChI is InChI=1S/C25H18N4O6/c1-34-22-13-16(11-20-24(30)27-28(25(20)31)19-9-3-2-4-10-19)12-21(29(32)33)23(22)35-15-18-8-6-5-7-17(18)14-26/h2-13H,15H2,1H3,(H,27,30). The molecule has 0 bridgehead atoms. The predicted molar refractivity (Wildman–Crippen MR) is 125 cm³/mol. The number of nitriles is 1. The Balaban J connectivity index is 1.68. The molecular weight excluding hydrogens is 452 g/mol. The van der Waals surface area contributed by atoms with Gasteiger partial charge in [0.2, 0.25) is 5.75 Å². The summed E-state index contributed by atoms with van der Waals surface area (Å²) in [5, 5.41) is 22.2. The Hall–Kier alpha value is -5.17. The normalized spacial score (nSPS) is 13.9. The van der Waals surface area contributed by atoms with Crippen LogP contribution < -0.4 is 19.9 Å². The van der Waals surface area contributed by atoms with Crippen molar-refractivity contribution in [3.8, 4) is 17.6 Å². The van der Waals surface area contributed by atoms with E-state index in [0.717, 1.165) is 5.01 Å².